The Morgan fingerprint density at radius 1 is 0.760 bits per heavy atom. The van der Waals surface area contributed by atoms with E-state index in [4.69, 9.17) is 4.74 Å². The molecule has 0 amide bonds. The minimum absolute atomic E-state index is 0.0354. The van der Waals surface area contributed by atoms with Crippen molar-refractivity contribution in [3.8, 4) is 16.9 Å². The molecule has 0 heterocycles. The van der Waals surface area contributed by atoms with Crippen LogP contribution in [-0.2, 0) is 12.8 Å². The number of hydrogen-bond donors (Lipinski definition) is 0. The summed E-state index contributed by atoms with van der Waals surface area (Å²) in [6, 6.07) is 17.8. The van der Waals surface area contributed by atoms with Crippen molar-refractivity contribution in [2.45, 2.75) is 19.8 Å². The van der Waals surface area contributed by atoms with Crippen molar-refractivity contribution < 1.29 is 13.5 Å². The van der Waals surface area contributed by atoms with Gasteiger partial charge in [-0.1, -0.05) is 42.0 Å². The molecule has 0 aliphatic carbocycles. The molecule has 0 spiro atoms. The average Bonchev–Trinajstić information content (AvgIpc) is 2.61. The lowest BCUT2D eigenvalue weighted by molar-refractivity contribution is 0.414. The molecule has 1 nitrogen and oxygen atoms in total. The van der Waals surface area contributed by atoms with Crippen molar-refractivity contribution in [1.29, 1.82) is 0 Å². The summed E-state index contributed by atoms with van der Waals surface area (Å²) < 4.78 is 34.1. The van der Waals surface area contributed by atoms with E-state index in [1.807, 2.05) is 43.3 Å². The highest BCUT2D eigenvalue weighted by Crippen LogP contribution is 2.28. The highest BCUT2D eigenvalue weighted by molar-refractivity contribution is 5.65. The molecule has 128 valence electrons. The summed E-state index contributed by atoms with van der Waals surface area (Å²) in [6.45, 7) is 1.94. The Morgan fingerprint density at radius 3 is 1.88 bits per heavy atom. The van der Waals surface area contributed by atoms with Crippen LogP contribution in [0.4, 0.5) is 8.78 Å². The number of hydrogen-bond acceptors (Lipinski definition) is 1. The maximum atomic E-state index is 14.5. The molecule has 0 atom stereocenters. The Balaban J connectivity index is 1.78. The standard InChI is InChI=1S/C22H20F2O/c1-15-3-9-18(10-4-15)22-20(23)13-17(14-21(22)24)6-5-16-7-11-19(25-2)12-8-16/h3-4,7-14H,5-6H2,1-2H3. The van der Waals surface area contributed by atoms with Gasteiger partial charge in [-0.25, -0.2) is 8.78 Å². The predicted molar refractivity (Wildman–Crippen MR) is 96.9 cm³/mol. The SMILES string of the molecule is COc1ccc(CCc2cc(F)c(-c3ccc(C)cc3)c(F)c2)cc1. The third kappa shape index (κ3) is 4.05. The van der Waals surface area contributed by atoms with Crippen molar-refractivity contribution in [2.75, 3.05) is 7.11 Å². The van der Waals surface area contributed by atoms with E-state index < -0.39 is 11.6 Å². The van der Waals surface area contributed by atoms with Gasteiger partial charge in [0.25, 0.3) is 0 Å². The molecule has 0 radical (unpaired) electrons. The Bertz CT molecular complexity index is 829. The highest BCUT2D eigenvalue weighted by atomic mass is 19.1. The topological polar surface area (TPSA) is 9.23 Å². The van der Waals surface area contributed by atoms with Crippen molar-refractivity contribution >= 4 is 0 Å². The molecule has 0 N–H and O–H groups in total. The fourth-order valence-corrected chi connectivity index (χ4v) is 2.85. The van der Waals surface area contributed by atoms with Gasteiger partial charge < -0.3 is 4.74 Å². The molecule has 3 aromatic carbocycles. The van der Waals surface area contributed by atoms with Crippen molar-refractivity contribution in [1.82, 2.24) is 0 Å². The first-order chi connectivity index (χ1) is 12.1. The second kappa shape index (κ2) is 7.47. The normalized spacial score (nSPS) is 10.7. The average molecular weight is 338 g/mol. The molecule has 0 aromatic heterocycles. The minimum Gasteiger partial charge on any atom is -0.497 e. The largest absolute Gasteiger partial charge is 0.497 e. The van der Waals surface area contributed by atoms with Gasteiger partial charge in [-0.3, -0.25) is 0 Å². The van der Waals surface area contributed by atoms with E-state index in [0.717, 1.165) is 16.9 Å². The molecule has 0 saturated carbocycles. The van der Waals surface area contributed by atoms with Gasteiger partial charge in [0, 0.05) is 0 Å². The van der Waals surface area contributed by atoms with Gasteiger partial charge in [-0.2, -0.15) is 0 Å². The maximum absolute atomic E-state index is 14.5. The molecule has 3 heteroatoms. The van der Waals surface area contributed by atoms with Crippen LogP contribution in [0.3, 0.4) is 0 Å². The molecule has 0 saturated heterocycles. The molecule has 25 heavy (non-hydrogen) atoms. The Labute approximate surface area is 146 Å². The van der Waals surface area contributed by atoms with Crippen LogP contribution in [0, 0.1) is 18.6 Å². The second-order valence-corrected chi connectivity index (χ2v) is 6.15. The lowest BCUT2D eigenvalue weighted by Gasteiger charge is -2.09. The maximum Gasteiger partial charge on any atom is 0.134 e. The summed E-state index contributed by atoms with van der Waals surface area (Å²) in [5, 5.41) is 0. The van der Waals surface area contributed by atoms with Crippen LogP contribution in [0.1, 0.15) is 16.7 Å². The van der Waals surface area contributed by atoms with E-state index in [9.17, 15) is 8.78 Å². The molecule has 0 unspecified atom stereocenters. The molecule has 3 aromatic rings. The number of aryl methyl sites for hydroxylation is 3. The van der Waals surface area contributed by atoms with Gasteiger partial charge in [0.15, 0.2) is 0 Å². The summed E-state index contributed by atoms with van der Waals surface area (Å²) in [7, 11) is 1.62. The predicted octanol–water partition coefficient (Wildman–Crippen LogP) is 5.73. The van der Waals surface area contributed by atoms with Gasteiger partial charge >= 0.3 is 0 Å². The van der Waals surface area contributed by atoms with E-state index in [-0.39, 0.29) is 5.56 Å². The molecule has 0 fully saturated rings. The fraction of sp³-hybridized carbons (Fsp3) is 0.182. The monoisotopic (exact) mass is 338 g/mol. The number of benzene rings is 3. The number of halogens is 2. The zero-order chi connectivity index (χ0) is 17.8. The van der Waals surface area contributed by atoms with Crippen LogP contribution >= 0.6 is 0 Å². The van der Waals surface area contributed by atoms with Crippen LogP contribution in [0.2, 0.25) is 0 Å². The summed E-state index contributed by atoms with van der Waals surface area (Å²) >= 11 is 0. The van der Waals surface area contributed by atoms with E-state index in [0.29, 0.717) is 24.0 Å². The van der Waals surface area contributed by atoms with E-state index in [2.05, 4.69) is 0 Å². The smallest absolute Gasteiger partial charge is 0.134 e. The first-order valence-electron chi connectivity index (χ1n) is 8.24. The summed E-state index contributed by atoms with van der Waals surface area (Å²) in [5.41, 5.74) is 3.40. The third-order valence-corrected chi connectivity index (χ3v) is 4.30. The zero-order valence-corrected chi connectivity index (χ0v) is 14.4. The van der Waals surface area contributed by atoms with Crippen molar-refractivity contribution in [3.05, 3.63) is 89.0 Å². The third-order valence-electron chi connectivity index (χ3n) is 4.30. The fourth-order valence-electron chi connectivity index (χ4n) is 2.85. The molecular formula is C22H20F2O. The van der Waals surface area contributed by atoms with Gasteiger partial charge in [0.1, 0.15) is 17.4 Å². The lowest BCUT2D eigenvalue weighted by atomic mass is 9.98. The number of methoxy groups -OCH3 is 1. The van der Waals surface area contributed by atoms with Crippen LogP contribution in [0.15, 0.2) is 60.7 Å². The molecule has 0 aliphatic rings. The van der Waals surface area contributed by atoms with Crippen LogP contribution < -0.4 is 4.74 Å². The summed E-state index contributed by atoms with van der Waals surface area (Å²) in [4.78, 5) is 0. The van der Waals surface area contributed by atoms with E-state index >= 15 is 0 Å². The number of ether oxygens (including phenoxy) is 1. The van der Waals surface area contributed by atoms with Gasteiger partial charge in [0.05, 0.1) is 12.7 Å². The lowest BCUT2D eigenvalue weighted by Crippen LogP contribution is -1.97. The quantitative estimate of drug-likeness (QED) is 0.577. The molecule has 0 aliphatic heterocycles. The molecule has 3 rings (SSSR count). The Hall–Kier alpha value is -2.68. The van der Waals surface area contributed by atoms with Crippen molar-refractivity contribution in [2.24, 2.45) is 0 Å². The second-order valence-electron chi connectivity index (χ2n) is 6.15. The van der Waals surface area contributed by atoms with Crippen LogP contribution in [0.5, 0.6) is 5.75 Å². The minimum atomic E-state index is -0.520. The first kappa shape index (κ1) is 17.2. The Morgan fingerprint density at radius 2 is 1.32 bits per heavy atom. The molecule has 0 bridgehead atoms. The van der Waals surface area contributed by atoms with E-state index in [1.165, 1.54) is 12.1 Å². The van der Waals surface area contributed by atoms with Gasteiger partial charge in [0.2, 0.25) is 0 Å². The van der Waals surface area contributed by atoms with Crippen LogP contribution in [-0.4, -0.2) is 7.11 Å². The summed E-state index contributed by atoms with van der Waals surface area (Å²) in [5.74, 6) is -0.245. The van der Waals surface area contributed by atoms with E-state index in [1.54, 1.807) is 19.2 Å². The van der Waals surface area contributed by atoms with Crippen molar-refractivity contribution in [3.63, 3.8) is 0 Å². The first-order valence-corrected chi connectivity index (χ1v) is 8.24. The molecular weight excluding hydrogens is 318 g/mol. The zero-order valence-electron chi connectivity index (χ0n) is 14.4. The highest BCUT2D eigenvalue weighted by Gasteiger charge is 2.13. The van der Waals surface area contributed by atoms with Gasteiger partial charge in [-0.05, 0) is 60.7 Å². The van der Waals surface area contributed by atoms with Gasteiger partial charge in [-0.15, -0.1) is 0 Å². The summed E-state index contributed by atoms with van der Waals surface area (Å²) in [6.07, 6.45) is 1.29. The van der Waals surface area contributed by atoms with Crippen LogP contribution in [0.25, 0.3) is 11.1 Å². The Kier molecular flexibility index (Phi) is 5.13. The number of rotatable bonds is 5.